The molecule has 3 rings (SSSR count). The molecule has 1 aromatic carbocycles. The molecule has 0 amide bonds. The summed E-state index contributed by atoms with van der Waals surface area (Å²) in [7, 11) is 0. The Kier molecular flexibility index (Phi) is 2.94. The van der Waals surface area contributed by atoms with Gasteiger partial charge in [-0.3, -0.25) is 0 Å². The second-order valence-corrected chi connectivity index (χ2v) is 6.24. The molecule has 0 unspecified atom stereocenters. The van der Waals surface area contributed by atoms with Gasteiger partial charge >= 0.3 is 0 Å². The van der Waals surface area contributed by atoms with E-state index in [0.717, 1.165) is 19.5 Å². The Morgan fingerprint density at radius 2 is 2.11 bits per heavy atom. The van der Waals surface area contributed by atoms with Crippen molar-refractivity contribution in [1.82, 2.24) is 14.9 Å². The molecule has 0 bridgehead atoms. The molecule has 0 saturated carbocycles. The van der Waals surface area contributed by atoms with E-state index in [2.05, 4.69) is 53.8 Å². The summed E-state index contributed by atoms with van der Waals surface area (Å²) in [6, 6.07) is 6.58. The van der Waals surface area contributed by atoms with Gasteiger partial charge in [-0.15, -0.1) is 0 Å². The number of imidazole rings is 1. The number of hydrogen-bond donors (Lipinski definition) is 1. The molecular weight excluding hydrogens is 234 g/mol. The van der Waals surface area contributed by atoms with E-state index in [4.69, 9.17) is 0 Å². The number of hydrogen-bond acceptors (Lipinski definition) is 2. The number of fused-ring (bicyclic) bond motifs is 1. The van der Waals surface area contributed by atoms with Crippen LogP contribution in [-0.2, 0) is 18.4 Å². The summed E-state index contributed by atoms with van der Waals surface area (Å²) in [5, 5.41) is 3.43. The van der Waals surface area contributed by atoms with Crippen molar-refractivity contribution >= 4 is 0 Å². The monoisotopic (exact) mass is 255 g/mol. The van der Waals surface area contributed by atoms with E-state index in [1.54, 1.807) is 0 Å². The standard InChI is InChI=1S/C16H21N3/c1-16(2,3)15-10-18-11-19(15)14-6-4-5-12-9-17-8-7-13(12)14/h4-6,10-11,17H,7-9H2,1-3H3. The smallest absolute Gasteiger partial charge is 0.0994 e. The lowest BCUT2D eigenvalue weighted by Crippen LogP contribution is -2.25. The van der Waals surface area contributed by atoms with Gasteiger partial charge in [0.15, 0.2) is 0 Å². The Morgan fingerprint density at radius 3 is 2.89 bits per heavy atom. The number of aromatic nitrogens is 2. The Bertz CT molecular complexity index is 590. The molecule has 0 spiro atoms. The van der Waals surface area contributed by atoms with Crippen LogP contribution < -0.4 is 5.32 Å². The Labute approximate surface area is 114 Å². The van der Waals surface area contributed by atoms with E-state index in [1.165, 1.54) is 22.5 Å². The molecule has 3 heteroatoms. The first kappa shape index (κ1) is 12.4. The maximum Gasteiger partial charge on any atom is 0.0994 e. The normalized spacial score (nSPS) is 15.3. The summed E-state index contributed by atoms with van der Waals surface area (Å²) in [6.45, 7) is 8.73. The third-order valence-corrected chi connectivity index (χ3v) is 3.78. The Hall–Kier alpha value is -1.61. The summed E-state index contributed by atoms with van der Waals surface area (Å²) in [5.74, 6) is 0. The zero-order chi connectivity index (χ0) is 13.5. The quantitative estimate of drug-likeness (QED) is 0.849. The predicted molar refractivity (Wildman–Crippen MR) is 77.7 cm³/mol. The Morgan fingerprint density at radius 1 is 1.26 bits per heavy atom. The lowest BCUT2D eigenvalue weighted by Gasteiger charge is -2.25. The molecule has 0 aliphatic carbocycles. The van der Waals surface area contributed by atoms with Crippen molar-refractivity contribution in [2.24, 2.45) is 0 Å². The van der Waals surface area contributed by atoms with Crippen molar-refractivity contribution in [2.45, 2.75) is 39.2 Å². The van der Waals surface area contributed by atoms with Gasteiger partial charge in [-0.1, -0.05) is 32.9 Å². The Balaban J connectivity index is 2.16. The highest BCUT2D eigenvalue weighted by molar-refractivity contribution is 5.48. The third kappa shape index (κ3) is 2.19. The molecule has 2 aromatic rings. The molecule has 3 nitrogen and oxygen atoms in total. The number of nitrogens with one attached hydrogen (secondary N) is 1. The first-order valence-electron chi connectivity index (χ1n) is 6.92. The van der Waals surface area contributed by atoms with Crippen molar-refractivity contribution in [3.05, 3.63) is 47.5 Å². The number of nitrogens with zero attached hydrogens (tertiary/aromatic N) is 2. The molecule has 100 valence electrons. The molecule has 2 heterocycles. The van der Waals surface area contributed by atoms with E-state index < -0.39 is 0 Å². The average Bonchev–Trinajstić information content (AvgIpc) is 2.87. The van der Waals surface area contributed by atoms with Gasteiger partial charge < -0.3 is 9.88 Å². The van der Waals surface area contributed by atoms with Crippen LogP contribution in [0.2, 0.25) is 0 Å². The summed E-state index contributed by atoms with van der Waals surface area (Å²) in [6.07, 6.45) is 5.02. The lowest BCUT2D eigenvalue weighted by molar-refractivity contribution is 0.554. The van der Waals surface area contributed by atoms with E-state index in [0.29, 0.717) is 0 Å². The molecule has 1 aromatic heterocycles. The topological polar surface area (TPSA) is 29.9 Å². The van der Waals surface area contributed by atoms with E-state index in [-0.39, 0.29) is 5.41 Å². The maximum atomic E-state index is 4.36. The SMILES string of the molecule is CC(C)(C)c1cncn1-c1cccc2c1CCNC2. The largest absolute Gasteiger partial charge is 0.312 e. The molecular formula is C16H21N3. The van der Waals surface area contributed by atoms with Crippen molar-refractivity contribution in [1.29, 1.82) is 0 Å². The zero-order valence-corrected chi connectivity index (χ0v) is 11.9. The van der Waals surface area contributed by atoms with Crippen LogP contribution in [0.5, 0.6) is 0 Å². The van der Waals surface area contributed by atoms with Gasteiger partial charge in [0, 0.05) is 23.9 Å². The van der Waals surface area contributed by atoms with Gasteiger partial charge in [0.25, 0.3) is 0 Å². The van der Waals surface area contributed by atoms with Crippen LogP contribution in [0.1, 0.15) is 37.6 Å². The maximum absolute atomic E-state index is 4.36. The van der Waals surface area contributed by atoms with Crippen molar-refractivity contribution < 1.29 is 0 Å². The fraction of sp³-hybridized carbons (Fsp3) is 0.438. The van der Waals surface area contributed by atoms with Crippen LogP contribution >= 0.6 is 0 Å². The highest BCUT2D eigenvalue weighted by Crippen LogP contribution is 2.28. The minimum absolute atomic E-state index is 0.103. The van der Waals surface area contributed by atoms with Gasteiger partial charge in [-0.25, -0.2) is 4.98 Å². The van der Waals surface area contributed by atoms with Crippen molar-refractivity contribution in [3.63, 3.8) is 0 Å². The highest BCUT2D eigenvalue weighted by Gasteiger charge is 2.21. The first-order chi connectivity index (χ1) is 9.07. The number of rotatable bonds is 1. The molecule has 0 radical (unpaired) electrons. The summed E-state index contributed by atoms with van der Waals surface area (Å²) in [4.78, 5) is 4.36. The molecule has 1 N–H and O–H groups in total. The van der Waals surface area contributed by atoms with Gasteiger partial charge in [-0.2, -0.15) is 0 Å². The lowest BCUT2D eigenvalue weighted by atomic mass is 9.91. The molecule has 1 aliphatic heterocycles. The molecule has 0 fully saturated rings. The second-order valence-electron chi connectivity index (χ2n) is 6.24. The van der Waals surface area contributed by atoms with Gasteiger partial charge in [0.2, 0.25) is 0 Å². The summed E-state index contributed by atoms with van der Waals surface area (Å²) in [5.41, 5.74) is 5.54. The summed E-state index contributed by atoms with van der Waals surface area (Å²) < 4.78 is 2.25. The van der Waals surface area contributed by atoms with E-state index >= 15 is 0 Å². The molecule has 0 saturated heterocycles. The van der Waals surface area contributed by atoms with Gasteiger partial charge in [0.05, 0.1) is 12.0 Å². The minimum Gasteiger partial charge on any atom is -0.312 e. The van der Waals surface area contributed by atoms with Crippen LogP contribution in [0.4, 0.5) is 0 Å². The number of benzene rings is 1. The van der Waals surface area contributed by atoms with Crippen LogP contribution in [0.25, 0.3) is 5.69 Å². The van der Waals surface area contributed by atoms with Crippen LogP contribution in [0.3, 0.4) is 0 Å². The molecule has 0 atom stereocenters. The zero-order valence-electron chi connectivity index (χ0n) is 11.9. The van der Waals surface area contributed by atoms with E-state index in [1.807, 2.05) is 12.5 Å². The molecule has 1 aliphatic rings. The van der Waals surface area contributed by atoms with Gasteiger partial charge in [-0.05, 0) is 30.2 Å². The van der Waals surface area contributed by atoms with Crippen LogP contribution in [0.15, 0.2) is 30.7 Å². The fourth-order valence-electron chi connectivity index (χ4n) is 2.78. The molecule has 19 heavy (non-hydrogen) atoms. The van der Waals surface area contributed by atoms with Crippen LogP contribution in [0, 0.1) is 0 Å². The highest BCUT2D eigenvalue weighted by atomic mass is 15.1. The predicted octanol–water partition coefficient (Wildman–Crippen LogP) is 2.82. The summed E-state index contributed by atoms with van der Waals surface area (Å²) >= 11 is 0. The van der Waals surface area contributed by atoms with Crippen molar-refractivity contribution in [3.8, 4) is 5.69 Å². The van der Waals surface area contributed by atoms with Crippen LogP contribution in [-0.4, -0.2) is 16.1 Å². The third-order valence-electron chi connectivity index (χ3n) is 3.78. The van der Waals surface area contributed by atoms with Gasteiger partial charge in [0.1, 0.15) is 0 Å². The van der Waals surface area contributed by atoms with Crippen molar-refractivity contribution in [2.75, 3.05) is 6.54 Å². The average molecular weight is 255 g/mol. The fourth-order valence-corrected chi connectivity index (χ4v) is 2.78. The second kappa shape index (κ2) is 4.49. The first-order valence-corrected chi connectivity index (χ1v) is 6.92. The minimum atomic E-state index is 0.103. The van der Waals surface area contributed by atoms with E-state index in [9.17, 15) is 0 Å².